The normalized spacial score (nSPS) is 14.5. The number of anilines is 1. The van der Waals surface area contributed by atoms with E-state index < -0.39 is 0 Å². The van der Waals surface area contributed by atoms with Crippen LogP contribution in [0.15, 0.2) is 49.1 Å². The number of benzene rings is 1. The molecular formula is C34H45Cl2N7. The standard InChI is InChI=1S/C34H45Cl2N7/c1-2-3-4-5-6-7-8-9-10-11-17-42-18-15-27(16-19-42)43-24-26(22-40-43)25-20-28(33(37)38-21-25)34-39-23-31(41-34)32-29(35)13-12-14-30(32)36/h12-14,20-24,27H,2-11,15-19H2,1H3,(H2,37,38)(H,39,41). The highest BCUT2D eigenvalue weighted by Crippen LogP contribution is 2.36. The van der Waals surface area contributed by atoms with Crippen molar-refractivity contribution in [1.82, 2.24) is 29.6 Å². The van der Waals surface area contributed by atoms with Gasteiger partial charge in [-0.05, 0) is 44.0 Å². The number of nitrogens with two attached hydrogens (primary N) is 1. The number of rotatable bonds is 15. The zero-order valence-electron chi connectivity index (χ0n) is 25.4. The van der Waals surface area contributed by atoms with Gasteiger partial charge in [0.15, 0.2) is 0 Å². The number of nitrogen functional groups attached to an aromatic ring is 1. The highest BCUT2D eigenvalue weighted by molar-refractivity contribution is 6.39. The van der Waals surface area contributed by atoms with Crippen LogP contribution >= 0.6 is 23.2 Å². The van der Waals surface area contributed by atoms with Crippen LogP contribution in [0.25, 0.3) is 33.8 Å². The molecule has 0 unspecified atom stereocenters. The summed E-state index contributed by atoms with van der Waals surface area (Å²) < 4.78 is 2.13. The summed E-state index contributed by atoms with van der Waals surface area (Å²) in [6.45, 7) is 5.79. The van der Waals surface area contributed by atoms with Gasteiger partial charge in [-0.3, -0.25) is 4.68 Å². The van der Waals surface area contributed by atoms with Gasteiger partial charge in [0.1, 0.15) is 11.6 Å². The molecule has 7 nitrogen and oxygen atoms in total. The number of piperidine rings is 1. The Kier molecular flexibility index (Phi) is 11.5. The fraction of sp³-hybridized carbons (Fsp3) is 0.500. The molecule has 4 heterocycles. The Morgan fingerprint density at radius 3 is 2.23 bits per heavy atom. The quantitative estimate of drug-likeness (QED) is 0.129. The summed E-state index contributed by atoms with van der Waals surface area (Å²) in [6, 6.07) is 7.86. The average molecular weight is 623 g/mol. The third-order valence-corrected chi connectivity index (χ3v) is 9.31. The Hall–Kier alpha value is -2.87. The summed E-state index contributed by atoms with van der Waals surface area (Å²) in [6.07, 6.45) is 23.7. The fourth-order valence-electron chi connectivity index (χ4n) is 6.08. The number of likely N-dealkylation sites (tertiary alicyclic amines) is 1. The van der Waals surface area contributed by atoms with E-state index in [2.05, 4.69) is 37.7 Å². The second-order valence-electron chi connectivity index (χ2n) is 11.9. The summed E-state index contributed by atoms with van der Waals surface area (Å²) >= 11 is 12.8. The Labute approximate surface area is 266 Å². The second kappa shape index (κ2) is 15.7. The van der Waals surface area contributed by atoms with Crippen molar-refractivity contribution in [3.8, 4) is 33.8 Å². The van der Waals surface area contributed by atoms with Gasteiger partial charge in [-0.1, -0.05) is 94.0 Å². The van der Waals surface area contributed by atoms with Gasteiger partial charge in [0, 0.05) is 42.2 Å². The van der Waals surface area contributed by atoms with Crippen molar-refractivity contribution in [1.29, 1.82) is 0 Å². The Balaban J connectivity index is 1.11. The lowest BCUT2D eigenvalue weighted by Crippen LogP contribution is -2.35. The van der Waals surface area contributed by atoms with Crippen LogP contribution in [-0.2, 0) is 0 Å². The molecule has 43 heavy (non-hydrogen) atoms. The number of nitrogens with zero attached hydrogens (tertiary/aromatic N) is 5. The van der Waals surface area contributed by atoms with Crippen LogP contribution in [-0.4, -0.2) is 49.3 Å². The molecule has 0 saturated carbocycles. The van der Waals surface area contributed by atoms with E-state index in [1.165, 1.54) is 70.8 Å². The minimum Gasteiger partial charge on any atom is -0.383 e. The van der Waals surface area contributed by atoms with E-state index in [-0.39, 0.29) is 0 Å². The number of unbranched alkanes of at least 4 members (excludes halogenated alkanes) is 9. The third kappa shape index (κ3) is 8.40. The van der Waals surface area contributed by atoms with Crippen LogP contribution in [0.4, 0.5) is 5.82 Å². The molecule has 0 spiro atoms. The van der Waals surface area contributed by atoms with Gasteiger partial charge in [0.25, 0.3) is 0 Å². The lowest BCUT2D eigenvalue weighted by atomic mass is 10.0. The van der Waals surface area contributed by atoms with Gasteiger partial charge in [0.2, 0.25) is 0 Å². The minimum atomic E-state index is 0.400. The number of imidazole rings is 1. The summed E-state index contributed by atoms with van der Waals surface area (Å²) in [5.41, 5.74) is 10.4. The molecule has 9 heteroatoms. The monoisotopic (exact) mass is 621 g/mol. The molecule has 0 radical (unpaired) electrons. The maximum atomic E-state index is 6.41. The summed E-state index contributed by atoms with van der Waals surface area (Å²) in [4.78, 5) is 15.0. The van der Waals surface area contributed by atoms with Crippen molar-refractivity contribution in [3.63, 3.8) is 0 Å². The van der Waals surface area contributed by atoms with Gasteiger partial charge in [-0.25, -0.2) is 9.97 Å². The van der Waals surface area contributed by atoms with Crippen molar-refractivity contribution in [2.24, 2.45) is 0 Å². The van der Waals surface area contributed by atoms with Crippen molar-refractivity contribution in [3.05, 3.63) is 59.1 Å². The van der Waals surface area contributed by atoms with Crippen LogP contribution in [0, 0.1) is 0 Å². The molecule has 1 aliphatic rings. The van der Waals surface area contributed by atoms with E-state index in [4.69, 9.17) is 34.0 Å². The van der Waals surface area contributed by atoms with Crippen LogP contribution < -0.4 is 5.73 Å². The average Bonchev–Trinajstić information content (AvgIpc) is 3.70. The van der Waals surface area contributed by atoms with Crippen LogP contribution in [0.2, 0.25) is 10.0 Å². The van der Waals surface area contributed by atoms with E-state index in [1.807, 2.05) is 18.3 Å². The molecule has 3 N–H and O–H groups in total. The second-order valence-corrected chi connectivity index (χ2v) is 12.7. The van der Waals surface area contributed by atoms with E-state index >= 15 is 0 Å². The molecule has 5 rings (SSSR count). The van der Waals surface area contributed by atoms with Gasteiger partial charge in [-0.2, -0.15) is 5.10 Å². The molecule has 3 aromatic heterocycles. The first kappa shape index (κ1) is 31.6. The van der Waals surface area contributed by atoms with Crippen LogP contribution in [0.3, 0.4) is 0 Å². The lowest BCUT2D eigenvalue weighted by Gasteiger charge is -2.32. The topological polar surface area (TPSA) is 88.6 Å². The van der Waals surface area contributed by atoms with Crippen LogP contribution in [0.5, 0.6) is 0 Å². The largest absolute Gasteiger partial charge is 0.383 e. The molecule has 1 saturated heterocycles. The van der Waals surface area contributed by atoms with Crippen LogP contribution in [0.1, 0.15) is 90.0 Å². The summed E-state index contributed by atoms with van der Waals surface area (Å²) in [7, 11) is 0. The molecule has 1 fully saturated rings. The van der Waals surface area contributed by atoms with E-state index in [0.29, 0.717) is 33.3 Å². The molecule has 230 valence electrons. The highest BCUT2D eigenvalue weighted by Gasteiger charge is 2.21. The molecule has 0 amide bonds. The van der Waals surface area contributed by atoms with E-state index in [9.17, 15) is 0 Å². The molecular weight excluding hydrogens is 577 g/mol. The number of aromatic nitrogens is 5. The number of halogens is 2. The zero-order chi connectivity index (χ0) is 30.0. The molecule has 0 bridgehead atoms. The first-order valence-electron chi connectivity index (χ1n) is 16.1. The van der Waals surface area contributed by atoms with E-state index in [1.54, 1.807) is 24.5 Å². The highest BCUT2D eigenvalue weighted by atomic mass is 35.5. The van der Waals surface area contributed by atoms with Gasteiger partial charge in [0.05, 0.1) is 39.7 Å². The summed E-state index contributed by atoms with van der Waals surface area (Å²) in [5, 5.41) is 5.85. The van der Waals surface area contributed by atoms with Gasteiger partial charge >= 0.3 is 0 Å². The van der Waals surface area contributed by atoms with Gasteiger partial charge in [-0.15, -0.1) is 0 Å². The number of nitrogens with one attached hydrogen (secondary N) is 1. The number of H-pyrrole nitrogens is 1. The van der Waals surface area contributed by atoms with Gasteiger partial charge < -0.3 is 15.6 Å². The molecule has 1 aliphatic heterocycles. The first-order valence-corrected chi connectivity index (χ1v) is 16.8. The number of aromatic amines is 1. The fourth-order valence-corrected chi connectivity index (χ4v) is 6.68. The molecule has 0 aliphatic carbocycles. The Morgan fingerprint density at radius 1 is 0.860 bits per heavy atom. The smallest absolute Gasteiger partial charge is 0.141 e. The number of hydrogen-bond acceptors (Lipinski definition) is 5. The predicted octanol–water partition coefficient (Wildman–Crippen LogP) is 9.45. The number of hydrogen-bond donors (Lipinski definition) is 2. The molecule has 1 aromatic carbocycles. The van der Waals surface area contributed by atoms with E-state index in [0.717, 1.165) is 48.3 Å². The SMILES string of the molecule is CCCCCCCCCCCCN1CCC(n2cc(-c3cnc(N)c(-c4ncc(-c5c(Cl)cccc5Cl)[nH]4)c3)cn2)CC1. The first-order chi connectivity index (χ1) is 21.0. The Bertz CT molecular complexity index is 1420. The molecule has 0 atom stereocenters. The maximum Gasteiger partial charge on any atom is 0.141 e. The maximum absolute atomic E-state index is 6.41. The summed E-state index contributed by atoms with van der Waals surface area (Å²) in [5.74, 6) is 1.01. The third-order valence-electron chi connectivity index (χ3n) is 8.68. The zero-order valence-corrected chi connectivity index (χ0v) is 26.9. The Morgan fingerprint density at radius 2 is 1.53 bits per heavy atom. The molecule has 4 aromatic rings. The van der Waals surface area contributed by atoms with Crippen molar-refractivity contribution in [2.45, 2.75) is 90.0 Å². The number of pyridine rings is 1. The lowest BCUT2D eigenvalue weighted by molar-refractivity contribution is 0.177. The predicted molar refractivity (Wildman–Crippen MR) is 179 cm³/mol. The van der Waals surface area contributed by atoms with Crippen molar-refractivity contribution in [2.75, 3.05) is 25.4 Å². The minimum absolute atomic E-state index is 0.400. The van der Waals surface area contributed by atoms with Crippen molar-refractivity contribution < 1.29 is 0 Å². The van der Waals surface area contributed by atoms with Crippen molar-refractivity contribution >= 4 is 29.0 Å².